The maximum atomic E-state index is 2.40. The number of rotatable bonds is 0. The fourth-order valence-corrected chi connectivity index (χ4v) is 3.04. The van der Waals surface area contributed by atoms with Crippen molar-refractivity contribution in [2.75, 3.05) is 0 Å². The molecule has 1 aliphatic heterocycles. The Kier molecular flexibility index (Phi) is 3.45. The molecule has 15 heavy (non-hydrogen) atoms. The zero-order valence-electron chi connectivity index (χ0n) is 11.1. The van der Waals surface area contributed by atoms with Gasteiger partial charge in [-0.15, -0.1) is 11.8 Å². The first-order chi connectivity index (χ1) is 6.60. The van der Waals surface area contributed by atoms with Gasteiger partial charge in [0.15, 0.2) is 0 Å². The fraction of sp³-hybridized carbons (Fsp3) is 0.714. The van der Waals surface area contributed by atoms with Crippen LogP contribution in [0.25, 0.3) is 0 Å². The molecule has 86 valence electrons. The Balaban J connectivity index is 2.96. The van der Waals surface area contributed by atoms with Crippen molar-refractivity contribution in [1.82, 2.24) is 0 Å². The number of hydrogen-bond donors (Lipinski definition) is 0. The van der Waals surface area contributed by atoms with Crippen LogP contribution in [0.2, 0.25) is 0 Å². The molecule has 1 rings (SSSR count). The minimum absolute atomic E-state index is 0.281. The summed E-state index contributed by atoms with van der Waals surface area (Å²) in [5.41, 5.74) is 2.04. The van der Waals surface area contributed by atoms with Gasteiger partial charge in [-0.05, 0) is 28.7 Å². The van der Waals surface area contributed by atoms with E-state index in [1.54, 1.807) is 0 Å². The summed E-state index contributed by atoms with van der Waals surface area (Å²) in [6.45, 7) is 16.1. The summed E-state index contributed by atoms with van der Waals surface area (Å²) < 4.78 is 0. The minimum Gasteiger partial charge on any atom is -0.122 e. The van der Waals surface area contributed by atoms with E-state index in [4.69, 9.17) is 0 Å². The van der Waals surface area contributed by atoms with Gasteiger partial charge in [-0.2, -0.15) is 0 Å². The van der Waals surface area contributed by atoms with Gasteiger partial charge >= 0.3 is 0 Å². The van der Waals surface area contributed by atoms with Gasteiger partial charge in [0, 0.05) is 5.25 Å². The Morgan fingerprint density at radius 1 is 1.07 bits per heavy atom. The Labute approximate surface area is 99.2 Å². The molecule has 1 heterocycles. The molecule has 0 saturated carbocycles. The third kappa shape index (κ3) is 3.41. The highest BCUT2D eigenvalue weighted by molar-refractivity contribution is 8.03. The van der Waals surface area contributed by atoms with E-state index in [-0.39, 0.29) is 5.41 Å². The first kappa shape index (κ1) is 12.9. The molecule has 0 nitrogen and oxygen atoms in total. The lowest BCUT2D eigenvalue weighted by atomic mass is 9.89. The average Bonchev–Trinajstić information content (AvgIpc) is 1.99. The Morgan fingerprint density at radius 3 is 2.00 bits per heavy atom. The third-order valence-corrected chi connectivity index (χ3v) is 4.70. The average molecular weight is 224 g/mol. The summed E-state index contributed by atoms with van der Waals surface area (Å²) in [5.74, 6) is 0. The smallest absolute Gasteiger partial charge is 0.0325 e. The predicted octanol–water partition coefficient (Wildman–Crippen LogP) is 5.02. The second-order valence-electron chi connectivity index (χ2n) is 6.57. The summed E-state index contributed by atoms with van der Waals surface area (Å²) in [6.07, 6.45) is 4.74. The van der Waals surface area contributed by atoms with Crippen LogP contribution in [0.4, 0.5) is 0 Å². The molecule has 0 aliphatic carbocycles. The molecule has 0 aromatic rings. The molecule has 0 amide bonds. The Morgan fingerprint density at radius 2 is 1.60 bits per heavy atom. The molecular weight excluding hydrogens is 200 g/mol. The predicted molar refractivity (Wildman–Crippen MR) is 72.1 cm³/mol. The van der Waals surface area contributed by atoms with Gasteiger partial charge in [-0.25, -0.2) is 0 Å². The Bertz CT molecular complexity index is 294. The van der Waals surface area contributed by atoms with Gasteiger partial charge in [0.25, 0.3) is 0 Å². The zero-order chi connectivity index (χ0) is 11.9. The highest BCUT2D eigenvalue weighted by atomic mass is 32.2. The molecule has 1 atom stereocenters. The number of allylic oxidation sites excluding steroid dienone is 3. The van der Waals surface area contributed by atoms with Gasteiger partial charge in [0.1, 0.15) is 0 Å². The van der Waals surface area contributed by atoms with Crippen LogP contribution in [0, 0.1) is 10.8 Å². The number of hydrogen-bond acceptors (Lipinski definition) is 1. The summed E-state index contributed by atoms with van der Waals surface area (Å²) in [5, 5.41) is 0.608. The normalized spacial score (nSPS) is 23.5. The maximum Gasteiger partial charge on any atom is 0.0325 e. The van der Waals surface area contributed by atoms with Crippen molar-refractivity contribution < 1.29 is 0 Å². The van der Waals surface area contributed by atoms with E-state index in [1.807, 2.05) is 11.8 Å². The van der Waals surface area contributed by atoms with Crippen LogP contribution in [0.15, 0.2) is 22.6 Å². The van der Waals surface area contributed by atoms with Crippen LogP contribution in [-0.4, -0.2) is 5.25 Å². The van der Waals surface area contributed by atoms with Crippen LogP contribution >= 0.6 is 11.8 Å². The minimum atomic E-state index is 0.281. The van der Waals surface area contributed by atoms with Crippen LogP contribution in [0.5, 0.6) is 0 Å². The van der Waals surface area contributed by atoms with Crippen molar-refractivity contribution >= 4 is 11.8 Å². The topological polar surface area (TPSA) is 0 Å². The van der Waals surface area contributed by atoms with Crippen LogP contribution in [0.3, 0.4) is 0 Å². The third-order valence-electron chi connectivity index (χ3n) is 2.62. The largest absolute Gasteiger partial charge is 0.122 e. The first-order valence-electron chi connectivity index (χ1n) is 5.68. The van der Waals surface area contributed by atoms with Crippen molar-refractivity contribution in [2.45, 2.75) is 53.7 Å². The van der Waals surface area contributed by atoms with Crippen molar-refractivity contribution in [3.05, 3.63) is 22.6 Å². The molecular formula is C14H24S. The number of thioether (sulfide) groups is 1. The molecule has 0 aromatic carbocycles. The van der Waals surface area contributed by atoms with E-state index in [9.17, 15) is 0 Å². The molecule has 1 unspecified atom stereocenters. The van der Waals surface area contributed by atoms with Gasteiger partial charge in [0.2, 0.25) is 0 Å². The van der Waals surface area contributed by atoms with Crippen molar-refractivity contribution in [1.29, 1.82) is 0 Å². The van der Waals surface area contributed by atoms with Crippen molar-refractivity contribution in [3.63, 3.8) is 0 Å². The summed E-state index contributed by atoms with van der Waals surface area (Å²) >= 11 is 2.03. The fourth-order valence-electron chi connectivity index (χ4n) is 1.52. The lowest BCUT2D eigenvalue weighted by Crippen LogP contribution is -2.25. The molecule has 1 heteroatoms. The van der Waals surface area contributed by atoms with E-state index in [0.29, 0.717) is 10.7 Å². The highest BCUT2D eigenvalue weighted by Crippen LogP contribution is 2.46. The van der Waals surface area contributed by atoms with E-state index < -0.39 is 0 Å². The zero-order valence-corrected chi connectivity index (χ0v) is 12.0. The van der Waals surface area contributed by atoms with Gasteiger partial charge in [-0.3, -0.25) is 0 Å². The first-order valence-corrected chi connectivity index (χ1v) is 6.56. The summed E-state index contributed by atoms with van der Waals surface area (Å²) in [4.78, 5) is 1.52. The van der Waals surface area contributed by atoms with Gasteiger partial charge < -0.3 is 0 Å². The molecule has 0 aromatic heterocycles. The second-order valence-corrected chi connectivity index (χ2v) is 7.76. The van der Waals surface area contributed by atoms with Crippen LogP contribution in [-0.2, 0) is 0 Å². The lowest BCUT2D eigenvalue weighted by molar-refractivity contribution is 0.429. The van der Waals surface area contributed by atoms with Gasteiger partial charge in [0.05, 0.1) is 0 Å². The van der Waals surface area contributed by atoms with Crippen LogP contribution < -0.4 is 0 Å². The lowest BCUT2D eigenvalue weighted by Gasteiger charge is -2.35. The van der Waals surface area contributed by atoms with Crippen LogP contribution in [0.1, 0.15) is 48.5 Å². The second kappa shape index (κ2) is 4.01. The molecule has 0 saturated heterocycles. The highest BCUT2D eigenvalue weighted by Gasteiger charge is 2.30. The SMILES string of the molecule is CC1=CC(C(C)(C)C)SC(C(C)(C)C)=C1. The summed E-state index contributed by atoms with van der Waals surface area (Å²) in [7, 11) is 0. The molecule has 0 fully saturated rings. The molecule has 1 aliphatic rings. The molecule has 0 radical (unpaired) electrons. The van der Waals surface area contributed by atoms with Crippen molar-refractivity contribution in [3.8, 4) is 0 Å². The molecule has 0 spiro atoms. The molecule has 0 bridgehead atoms. The van der Waals surface area contributed by atoms with Crippen molar-refractivity contribution in [2.24, 2.45) is 10.8 Å². The van der Waals surface area contributed by atoms with Gasteiger partial charge in [-0.1, -0.05) is 53.2 Å². The van der Waals surface area contributed by atoms with E-state index in [0.717, 1.165) is 0 Å². The monoisotopic (exact) mass is 224 g/mol. The Hall–Kier alpha value is -0.170. The standard InChI is InChI=1S/C14H24S/c1-10-8-11(13(2,3)4)15-12(9-10)14(5,6)7/h8-9,11H,1-7H3. The quantitative estimate of drug-likeness (QED) is 0.556. The van der Waals surface area contributed by atoms with E-state index >= 15 is 0 Å². The van der Waals surface area contributed by atoms with E-state index in [2.05, 4.69) is 60.6 Å². The maximum absolute atomic E-state index is 2.40. The van der Waals surface area contributed by atoms with E-state index in [1.165, 1.54) is 10.5 Å². The summed E-state index contributed by atoms with van der Waals surface area (Å²) in [6, 6.07) is 0. The molecule has 0 N–H and O–H groups in total.